The molecule has 1 rings (SSSR count). The third-order valence-corrected chi connectivity index (χ3v) is 3.21. The minimum atomic E-state index is 0.918. The number of thiophene rings is 1. The molecule has 0 saturated heterocycles. The monoisotopic (exact) mass is 217 g/mol. The lowest BCUT2D eigenvalue weighted by Crippen LogP contribution is -2.15. The van der Waals surface area contributed by atoms with Gasteiger partial charge >= 0.3 is 0 Å². The van der Waals surface area contributed by atoms with Crippen molar-refractivity contribution < 1.29 is 4.74 Å². The van der Waals surface area contributed by atoms with Crippen molar-refractivity contribution in [3.8, 4) is 5.75 Å². The predicted octanol–water partition coefficient (Wildman–Crippen LogP) is 2.21. The highest BCUT2D eigenvalue weighted by Gasteiger charge is 2.02. The van der Waals surface area contributed by atoms with Gasteiger partial charge in [0.25, 0.3) is 0 Å². The lowest BCUT2D eigenvalue weighted by molar-refractivity contribution is 0.411. The second-order valence-corrected chi connectivity index (χ2v) is 4.57. The second kappa shape index (κ2) is 6.29. The van der Waals surface area contributed by atoms with Crippen molar-refractivity contribution >= 4 is 23.1 Å². The summed E-state index contributed by atoms with van der Waals surface area (Å²) >= 11 is 3.60. The normalized spacial score (nSPS) is 10.3. The summed E-state index contributed by atoms with van der Waals surface area (Å²) in [7, 11) is 1.72. The van der Waals surface area contributed by atoms with Crippen LogP contribution in [0.25, 0.3) is 0 Å². The van der Waals surface area contributed by atoms with E-state index in [1.54, 1.807) is 18.4 Å². The van der Waals surface area contributed by atoms with Gasteiger partial charge in [-0.2, -0.15) is 11.8 Å². The molecule has 0 spiro atoms. The van der Waals surface area contributed by atoms with Crippen LogP contribution in [0.1, 0.15) is 4.88 Å². The number of hydrogen-bond donors (Lipinski definition) is 1. The molecule has 0 aliphatic carbocycles. The van der Waals surface area contributed by atoms with E-state index in [0.29, 0.717) is 0 Å². The minimum absolute atomic E-state index is 0.918. The highest BCUT2D eigenvalue weighted by Crippen LogP contribution is 2.23. The van der Waals surface area contributed by atoms with Crippen LogP contribution < -0.4 is 10.1 Å². The molecule has 1 N–H and O–H groups in total. The van der Waals surface area contributed by atoms with E-state index in [2.05, 4.69) is 17.0 Å². The van der Waals surface area contributed by atoms with Gasteiger partial charge in [0.05, 0.1) is 12.0 Å². The average Bonchev–Trinajstić information content (AvgIpc) is 2.60. The van der Waals surface area contributed by atoms with E-state index in [4.69, 9.17) is 4.74 Å². The largest absolute Gasteiger partial charge is 0.496 e. The maximum Gasteiger partial charge on any atom is 0.134 e. The summed E-state index contributed by atoms with van der Waals surface area (Å²) in [6.07, 6.45) is 2.12. The Morgan fingerprint density at radius 2 is 2.46 bits per heavy atom. The maximum absolute atomic E-state index is 5.21. The Labute approximate surface area is 87.7 Å². The molecule has 1 aromatic rings. The summed E-state index contributed by atoms with van der Waals surface area (Å²) in [6.45, 7) is 1.98. The Kier molecular flexibility index (Phi) is 5.27. The van der Waals surface area contributed by atoms with Gasteiger partial charge in [0.15, 0.2) is 0 Å². The molecular formula is C9H15NOS2. The Morgan fingerprint density at radius 1 is 1.62 bits per heavy atom. The molecule has 2 nitrogen and oxygen atoms in total. The van der Waals surface area contributed by atoms with Crippen molar-refractivity contribution in [3.63, 3.8) is 0 Å². The molecule has 0 amide bonds. The van der Waals surface area contributed by atoms with E-state index in [0.717, 1.165) is 24.6 Å². The maximum atomic E-state index is 5.21. The van der Waals surface area contributed by atoms with Gasteiger partial charge < -0.3 is 10.1 Å². The van der Waals surface area contributed by atoms with E-state index in [9.17, 15) is 0 Å². The lowest BCUT2D eigenvalue weighted by atomic mass is 10.4. The number of thioether (sulfide) groups is 1. The zero-order valence-corrected chi connectivity index (χ0v) is 9.63. The molecule has 0 bridgehead atoms. The first-order chi connectivity index (χ1) is 6.38. The van der Waals surface area contributed by atoms with Gasteiger partial charge in [0.1, 0.15) is 5.75 Å². The standard InChI is InChI=1S/C9H15NOS2/c1-11-8-3-5-13-9(8)7-10-4-6-12-2/h3,5,10H,4,6-7H2,1-2H3. The second-order valence-electron chi connectivity index (χ2n) is 2.58. The molecule has 1 aromatic heterocycles. The van der Waals surface area contributed by atoms with Gasteiger partial charge in [-0.1, -0.05) is 0 Å². The molecular weight excluding hydrogens is 202 g/mol. The summed E-state index contributed by atoms with van der Waals surface area (Å²) in [5.41, 5.74) is 0. The first-order valence-corrected chi connectivity index (χ1v) is 6.46. The fourth-order valence-electron chi connectivity index (χ4n) is 1.02. The fourth-order valence-corrected chi connectivity index (χ4v) is 2.17. The van der Waals surface area contributed by atoms with E-state index >= 15 is 0 Å². The average molecular weight is 217 g/mol. The highest BCUT2D eigenvalue weighted by molar-refractivity contribution is 7.98. The molecule has 0 aromatic carbocycles. The fraction of sp³-hybridized carbons (Fsp3) is 0.556. The SMILES string of the molecule is COc1ccsc1CNCCSC. The van der Waals surface area contributed by atoms with E-state index in [1.807, 2.05) is 17.8 Å². The third-order valence-electron chi connectivity index (χ3n) is 1.69. The molecule has 0 atom stereocenters. The van der Waals surface area contributed by atoms with Crippen LogP contribution in [0.15, 0.2) is 11.4 Å². The number of nitrogens with one attached hydrogen (secondary N) is 1. The number of hydrogen-bond acceptors (Lipinski definition) is 4. The topological polar surface area (TPSA) is 21.3 Å². The predicted molar refractivity (Wildman–Crippen MR) is 61.0 cm³/mol. The van der Waals surface area contributed by atoms with Crippen molar-refractivity contribution in [2.75, 3.05) is 25.7 Å². The lowest BCUT2D eigenvalue weighted by Gasteiger charge is -2.03. The summed E-state index contributed by atoms with van der Waals surface area (Å²) in [5, 5.41) is 5.43. The van der Waals surface area contributed by atoms with Gasteiger partial charge in [0.2, 0.25) is 0 Å². The van der Waals surface area contributed by atoms with Crippen LogP contribution in [0.2, 0.25) is 0 Å². The van der Waals surface area contributed by atoms with Crippen molar-refractivity contribution in [2.24, 2.45) is 0 Å². The summed E-state index contributed by atoms with van der Waals surface area (Å²) < 4.78 is 5.21. The summed E-state index contributed by atoms with van der Waals surface area (Å²) in [6, 6.07) is 2.01. The molecule has 4 heteroatoms. The van der Waals surface area contributed by atoms with Gasteiger partial charge in [-0.15, -0.1) is 11.3 Å². The molecule has 1 heterocycles. The first kappa shape index (κ1) is 10.9. The zero-order valence-electron chi connectivity index (χ0n) is 8.00. The van der Waals surface area contributed by atoms with Crippen LogP contribution in [0.4, 0.5) is 0 Å². The summed E-state index contributed by atoms with van der Waals surface area (Å²) in [5.74, 6) is 2.16. The number of ether oxygens (including phenoxy) is 1. The highest BCUT2D eigenvalue weighted by atomic mass is 32.2. The van der Waals surface area contributed by atoms with Crippen LogP contribution >= 0.6 is 23.1 Å². The zero-order chi connectivity index (χ0) is 9.52. The van der Waals surface area contributed by atoms with Crippen LogP contribution in [-0.4, -0.2) is 25.7 Å². The van der Waals surface area contributed by atoms with E-state index in [-0.39, 0.29) is 0 Å². The van der Waals surface area contributed by atoms with E-state index in [1.165, 1.54) is 4.88 Å². The van der Waals surface area contributed by atoms with Crippen molar-refractivity contribution in [3.05, 3.63) is 16.3 Å². The van der Waals surface area contributed by atoms with Gasteiger partial charge in [-0.25, -0.2) is 0 Å². The minimum Gasteiger partial charge on any atom is -0.496 e. The van der Waals surface area contributed by atoms with Crippen LogP contribution in [-0.2, 0) is 6.54 Å². The van der Waals surface area contributed by atoms with Crippen molar-refractivity contribution in [1.29, 1.82) is 0 Å². The molecule has 0 aliphatic rings. The molecule has 0 radical (unpaired) electrons. The van der Waals surface area contributed by atoms with Crippen molar-refractivity contribution in [1.82, 2.24) is 5.32 Å². The van der Waals surface area contributed by atoms with Crippen molar-refractivity contribution in [2.45, 2.75) is 6.54 Å². The number of methoxy groups -OCH3 is 1. The Hall–Kier alpha value is -0.190. The molecule has 0 aliphatic heterocycles. The molecule has 0 saturated carbocycles. The Balaban J connectivity index is 2.27. The van der Waals surface area contributed by atoms with Gasteiger partial charge in [-0.3, -0.25) is 0 Å². The smallest absolute Gasteiger partial charge is 0.134 e. The van der Waals surface area contributed by atoms with Gasteiger partial charge in [-0.05, 0) is 17.7 Å². The van der Waals surface area contributed by atoms with E-state index < -0.39 is 0 Å². The van der Waals surface area contributed by atoms with Gasteiger partial charge in [0, 0.05) is 18.8 Å². The Morgan fingerprint density at radius 3 is 3.15 bits per heavy atom. The molecule has 0 fully saturated rings. The summed E-state index contributed by atoms with van der Waals surface area (Å²) in [4.78, 5) is 1.28. The first-order valence-electron chi connectivity index (χ1n) is 4.18. The molecule has 0 unspecified atom stereocenters. The molecule has 74 valence electrons. The Bertz CT molecular complexity index is 237. The van der Waals surface area contributed by atoms with Crippen LogP contribution in [0.3, 0.4) is 0 Å². The van der Waals surface area contributed by atoms with Crippen LogP contribution in [0.5, 0.6) is 5.75 Å². The number of rotatable bonds is 6. The third kappa shape index (κ3) is 3.58. The molecule has 13 heavy (non-hydrogen) atoms. The quantitative estimate of drug-likeness (QED) is 0.738. The van der Waals surface area contributed by atoms with Crippen LogP contribution in [0, 0.1) is 0 Å².